The van der Waals surface area contributed by atoms with Crippen molar-refractivity contribution >= 4 is 17.7 Å². The molecule has 0 heterocycles. The van der Waals surface area contributed by atoms with Crippen molar-refractivity contribution in [2.24, 2.45) is 5.73 Å². The van der Waals surface area contributed by atoms with E-state index in [-0.39, 0.29) is 5.91 Å². The maximum Gasteiger partial charge on any atom is 0.227 e. The third kappa shape index (κ3) is 4.58. The van der Waals surface area contributed by atoms with Crippen LogP contribution >= 0.6 is 11.8 Å². The van der Waals surface area contributed by atoms with Crippen LogP contribution < -0.4 is 5.73 Å². The fourth-order valence-electron chi connectivity index (χ4n) is 1.01. The van der Waals surface area contributed by atoms with E-state index in [4.69, 9.17) is 5.73 Å². The fourth-order valence-corrected chi connectivity index (χ4v) is 1.73. The minimum Gasteiger partial charge on any atom is -0.369 e. The van der Waals surface area contributed by atoms with Crippen molar-refractivity contribution in [2.45, 2.75) is 6.42 Å². The SMILES string of the molecule is NC(=O)CSCCc1ccccc1. The molecule has 1 rings (SSSR count). The number of thioether (sulfide) groups is 1. The monoisotopic (exact) mass is 195 g/mol. The number of carbonyl (C=O) groups is 1. The summed E-state index contributed by atoms with van der Waals surface area (Å²) in [5, 5.41) is 0. The van der Waals surface area contributed by atoms with Crippen molar-refractivity contribution in [3.8, 4) is 0 Å². The maximum atomic E-state index is 10.4. The Labute approximate surface area is 82.5 Å². The average molecular weight is 195 g/mol. The molecule has 0 saturated carbocycles. The van der Waals surface area contributed by atoms with E-state index in [9.17, 15) is 4.79 Å². The van der Waals surface area contributed by atoms with E-state index in [0.717, 1.165) is 12.2 Å². The van der Waals surface area contributed by atoms with E-state index in [1.807, 2.05) is 18.2 Å². The molecule has 0 aliphatic heterocycles. The number of rotatable bonds is 5. The first kappa shape index (κ1) is 10.1. The number of primary amides is 1. The Morgan fingerprint density at radius 3 is 2.62 bits per heavy atom. The molecule has 0 fully saturated rings. The van der Waals surface area contributed by atoms with Gasteiger partial charge < -0.3 is 5.73 Å². The molecule has 70 valence electrons. The number of amides is 1. The lowest BCUT2D eigenvalue weighted by Gasteiger charge is -1.99. The van der Waals surface area contributed by atoms with Crippen LogP contribution in [0.5, 0.6) is 0 Å². The summed E-state index contributed by atoms with van der Waals surface area (Å²) in [7, 11) is 0. The minimum atomic E-state index is -0.238. The summed E-state index contributed by atoms with van der Waals surface area (Å²) in [5.41, 5.74) is 6.32. The predicted octanol–water partition coefficient (Wildman–Crippen LogP) is 1.45. The molecule has 0 radical (unpaired) electrons. The zero-order valence-corrected chi connectivity index (χ0v) is 8.22. The summed E-state index contributed by atoms with van der Waals surface area (Å²) in [4.78, 5) is 10.4. The number of hydrogen-bond donors (Lipinski definition) is 1. The van der Waals surface area contributed by atoms with Gasteiger partial charge >= 0.3 is 0 Å². The quantitative estimate of drug-likeness (QED) is 0.723. The summed E-state index contributed by atoms with van der Waals surface area (Å²) in [5.74, 6) is 1.14. The number of hydrogen-bond acceptors (Lipinski definition) is 2. The van der Waals surface area contributed by atoms with Crippen molar-refractivity contribution in [3.63, 3.8) is 0 Å². The summed E-state index contributed by atoms with van der Waals surface area (Å²) in [6, 6.07) is 10.2. The van der Waals surface area contributed by atoms with Crippen molar-refractivity contribution in [1.29, 1.82) is 0 Å². The molecule has 0 unspecified atom stereocenters. The van der Waals surface area contributed by atoms with Gasteiger partial charge in [-0.25, -0.2) is 0 Å². The van der Waals surface area contributed by atoms with Crippen LogP contribution in [0.3, 0.4) is 0 Å². The normalized spacial score (nSPS) is 9.85. The van der Waals surface area contributed by atoms with Crippen molar-refractivity contribution in [3.05, 3.63) is 35.9 Å². The molecule has 1 aromatic rings. The van der Waals surface area contributed by atoms with Gasteiger partial charge in [0, 0.05) is 0 Å². The van der Waals surface area contributed by atoms with Crippen LogP contribution in [0.2, 0.25) is 0 Å². The Morgan fingerprint density at radius 1 is 1.31 bits per heavy atom. The van der Waals surface area contributed by atoms with Gasteiger partial charge in [0.2, 0.25) is 5.91 Å². The Morgan fingerprint density at radius 2 is 2.00 bits per heavy atom. The van der Waals surface area contributed by atoms with Crippen LogP contribution in [0.25, 0.3) is 0 Å². The van der Waals surface area contributed by atoms with Crippen LogP contribution in [0.15, 0.2) is 30.3 Å². The fraction of sp³-hybridized carbons (Fsp3) is 0.300. The molecule has 0 atom stereocenters. The molecule has 0 aromatic heterocycles. The van der Waals surface area contributed by atoms with Gasteiger partial charge in [-0.3, -0.25) is 4.79 Å². The predicted molar refractivity (Wildman–Crippen MR) is 56.7 cm³/mol. The topological polar surface area (TPSA) is 43.1 Å². The lowest BCUT2D eigenvalue weighted by Crippen LogP contribution is -2.13. The van der Waals surface area contributed by atoms with Crippen molar-refractivity contribution < 1.29 is 4.79 Å². The summed E-state index contributed by atoms with van der Waals surface area (Å²) in [6.07, 6.45) is 0.999. The minimum absolute atomic E-state index is 0.238. The molecule has 2 nitrogen and oxygen atoms in total. The Kier molecular flexibility index (Phi) is 4.40. The molecule has 0 aliphatic rings. The first-order valence-corrected chi connectivity index (χ1v) is 5.34. The molecule has 13 heavy (non-hydrogen) atoms. The Balaban J connectivity index is 2.17. The van der Waals surface area contributed by atoms with E-state index < -0.39 is 0 Å². The zero-order chi connectivity index (χ0) is 9.52. The average Bonchev–Trinajstić information content (AvgIpc) is 2.14. The number of benzene rings is 1. The maximum absolute atomic E-state index is 10.4. The molecule has 3 heteroatoms. The molecule has 1 aromatic carbocycles. The number of carbonyl (C=O) groups excluding carboxylic acids is 1. The molecular formula is C10H13NOS. The molecule has 0 spiro atoms. The second kappa shape index (κ2) is 5.65. The van der Waals surface area contributed by atoms with E-state index >= 15 is 0 Å². The van der Waals surface area contributed by atoms with Gasteiger partial charge in [-0.2, -0.15) is 11.8 Å². The van der Waals surface area contributed by atoms with Gasteiger partial charge in [-0.05, 0) is 17.7 Å². The van der Waals surface area contributed by atoms with Gasteiger partial charge in [0.15, 0.2) is 0 Å². The third-order valence-electron chi connectivity index (χ3n) is 1.62. The first-order valence-electron chi connectivity index (χ1n) is 4.19. The smallest absolute Gasteiger partial charge is 0.227 e. The first-order chi connectivity index (χ1) is 6.29. The van der Waals surface area contributed by atoms with Crippen molar-refractivity contribution in [1.82, 2.24) is 0 Å². The molecular weight excluding hydrogens is 182 g/mol. The largest absolute Gasteiger partial charge is 0.369 e. The van der Waals surface area contributed by atoms with E-state index in [0.29, 0.717) is 5.75 Å². The van der Waals surface area contributed by atoms with Gasteiger partial charge in [0.1, 0.15) is 0 Å². The van der Waals surface area contributed by atoms with Crippen molar-refractivity contribution in [2.75, 3.05) is 11.5 Å². The second-order valence-electron chi connectivity index (χ2n) is 2.75. The van der Waals surface area contributed by atoms with E-state index in [2.05, 4.69) is 12.1 Å². The van der Waals surface area contributed by atoms with Crippen LogP contribution in [0.1, 0.15) is 5.56 Å². The van der Waals surface area contributed by atoms with Gasteiger partial charge in [-0.15, -0.1) is 0 Å². The third-order valence-corrected chi connectivity index (χ3v) is 2.60. The molecule has 2 N–H and O–H groups in total. The highest BCUT2D eigenvalue weighted by molar-refractivity contribution is 7.99. The molecule has 0 saturated heterocycles. The summed E-state index contributed by atoms with van der Waals surface area (Å²) in [6.45, 7) is 0. The highest BCUT2D eigenvalue weighted by Gasteiger charge is 1.95. The highest BCUT2D eigenvalue weighted by Crippen LogP contribution is 2.05. The second-order valence-corrected chi connectivity index (χ2v) is 3.86. The Bertz CT molecular complexity index is 261. The molecule has 0 bridgehead atoms. The van der Waals surface area contributed by atoms with Crippen LogP contribution in [0.4, 0.5) is 0 Å². The lowest BCUT2D eigenvalue weighted by molar-refractivity contribution is -0.115. The highest BCUT2D eigenvalue weighted by atomic mass is 32.2. The standard InChI is InChI=1S/C10H13NOS/c11-10(12)8-13-7-6-9-4-2-1-3-5-9/h1-5H,6-8H2,(H2,11,12). The Hall–Kier alpha value is -0.960. The van der Waals surface area contributed by atoms with Gasteiger partial charge in [-0.1, -0.05) is 30.3 Å². The molecule has 0 aliphatic carbocycles. The number of aryl methyl sites for hydroxylation is 1. The number of nitrogens with two attached hydrogens (primary N) is 1. The van der Waals surface area contributed by atoms with Gasteiger partial charge in [0.05, 0.1) is 5.75 Å². The van der Waals surface area contributed by atoms with Crippen LogP contribution in [-0.4, -0.2) is 17.4 Å². The summed E-state index contributed by atoms with van der Waals surface area (Å²) >= 11 is 1.58. The van der Waals surface area contributed by atoms with E-state index in [1.54, 1.807) is 11.8 Å². The summed E-state index contributed by atoms with van der Waals surface area (Å²) < 4.78 is 0. The zero-order valence-electron chi connectivity index (χ0n) is 7.40. The van der Waals surface area contributed by atoms with Crippen LogP contribution in [0, 0.1) is 0 Å². The lowest BCUT2D eigenvalue weighted by atomic mass is 10.2. The molecule has 1 amide bonds. The van der Waals surface area contributed by atoms with Crippen LogP contribution in [-0.2, 0) is 11.2 Å². The van der Waals surface area contributed by atoms with Gasteiger partial charge in [0.25, 0.3) is 0 Å². The van der Waals surface area contributed by atoms with E-state index in [1.165, 1.54) is 5.56 Å².